The topological polar surface area (TPSA) is 68.8 Å². The quantitative estimate of drug-likeness (QED) is 0.862. The highest BCUT2D eigenvalue weighted by atomic mass is 16.2. The number of hydrogen-bond acceptors (Lipinski definition) is 4. The van der Waals surface area contributed by atoms with E-state index < -0.39 is 0 Å². The van der Waals surface area contributed by atoms with Gasteiger partial charge in [0.25, 0.3) is 0 Å². The molecule has 2 aromatic heterocycles. The van der Waals surface area contributed by atoms with E-state index in [4.69, 9.17) is 0 Å². The fourth-order valence-corrected chi connectivity index (χ4v) is 3.59. The van der Waals surface area contributed by atoms with Crippen LogP contribution in [0.4, 0.5) is 0 Å². The lowest BCUT2D eigenvalue weighted by Crippen LogP contribution is -2.42. The number of aromatic nitrogens is 5. The van der Waals surface area contributed by atoms with Gasteiger partial charge in [0.15, 0.2) is 0 Å². The third kappa shape index (κ3) is 2.87. The monoisotopic (exact) mass is 316 g/mol. The lowest BCUT2D eigenvalue weighted by atomic mass is 9.96. The Morgan fingerprint density at radius 3 is 2.78 bits per heavy atom. The summed E-state index contributed by atoms with van der Waals surface area (Å²) in [4.78, 5) is 18.9. The fraction of sp³-hybridized carbons (Fsp3) is 0.625. The normalized spacial score (nSPS) is 19.8. The van der Waals surface area contributed by atoms with Crippen molar-refractivity contribution in [3.05, 3.63) is 29.6 Å². The molecule has 7 heteroatoms. The highest BCUT2D eigenvalue weighted by Gasteiger charge is 2.30. The summed E-state index contributed by atoms with van der Waals surface area (Å²) in [6.07, 6.45) is 5.31. The van der Waals surface area contributed by atoms with E-state index in [-0.39, 0.29) is 17.9 Å². The molecule has 7 nitrogen and oxygen atoms in total. The van der Waals surface area contributed by atoms with E-state index in [2.05, 4.69) is 15.2 Å². The minimum Gasteiger partial charge on any atom is -0.340 e. The van der Waals surface area contributed by atoms with Crippen molar-refractivity contribution in [2.75, 3.05) is 13.1 Å². The molecule has 2 aromatic rings. The molecule has 0 aliphatic carbocycles. The van der Waals surface area contributed by atoms with Crippen molar-refractivity contribution in [2.24, 2.45) is 7.05 Å². The van der Waals surface area contributed by atoms with Gasteiger partial charge in [-0.2, -0.15) is 10.2 Å². The zero-order chi connectivity index (χ0) is 16.6. The molecular weight excluding hydrogens is 292 g/mol. The van der Waals surface area contributed by atoms with E-state index in [9.17, 15) is 4.79 Å². The van der Waals surface area contributed by atoms with Gasteiger partial charge >= 0.3 is 0 Å². The first kappa shape index (κ1) is 15.7. The summed E-state index contributed by atoms with van der Waals surface area (Å²) in [5, 5.41) is 8.66. The number of amides is 1. The summed E-state index contributed by atoms with van der Waals surface area (Å²) in [6, 6.07) is 0.221. The lowest BCUT2D eigenvalue weighted by molar-refractivity contribution is -0.134. The van der Waals surface area contributed by atoms with Crippen LogP contribution in [-0.4, -0.2) is 48.4 Å². The van der Waals surface area contributed by atoms with Crippen LogP contribution in [0.2, 0.25) is 0 Å². The lowest BCUT2D eigenvalue weighted by Gasteiger charge is -2.34. The van der Waals surface area contributed by atoms with Gasteiger partial charge in [-0.1, -0.05) is 0 Å². The van der Waals surface area contributed by atoms with Crippen molar-refractivity contribution in [1.82, 2.24) is 29.4 Å². The Balaban J connectivity index is 1.77. The van der Waals surface area contributed by atoms with Crippen LogP contribution < -0.4 is 0 Å². The zero-order valence-corrected chi connectivity index (χ0v) is 14.2. The largest absolute Gasteiger partial charge is 0.340 e. The number of nitrogens with zero attached hydrogens (tertiary/aromatic N) is 6. The minimum atomic E-state index is -0.168. The third-order valence-electron chi connectivity index (χ3n) is 4.89. The average molecular weight is 316 g/mol. The maximum Gasteiger partial charge on any atom is 0.230 e. The number of carbonyl (C=O) groups excluding carboxylic acids is 1. The molecule has 0 saturated carbocycles. The molecule has 23 heavy (non-hydrogen) atoms. The van der Waals surface area contributed by atoms with E-state index in [0.29, 0.717) is 6.54 Å². The SMILES string of the molecule is Cc1nn(C)c(C)c1C(C)C(=O)N1CCCC(n2cncn2)C1. The van der Waals surface area contributed by atoms with Crippen molar-refractivity contribution in [3.8, 4) is 0 Å². The first-order chi connectivity index (χ1) is 11.0. The van der Waals surface area contributed by atoms with Crippen LogP contribution in [0, 0.1) is 13.8 Å². The third-order valence-corrected chi connectivity index (χ3v) is 4.89. The Morgan fingerprint density at radius 1 is 1.39 bits per heavy atom. The number of aryl methyl sites for hydroxylation is 2. The molecule has 2 unspecified atom stereocenters. The highest BCUT2D eigenvalue weighted by Crippen LogP contribution is 2.28. The Hall–Kier alpha value is -2.18. The first-order valence-electron chi connectivity index (χ1n) is 8.12. The molecule has 2 atom stereocenters. The van der Waals surface area contributed by atoms with Gasteiger partial charge in [0, 0.05) is 31.4 Å². The summed E-state index contributed by atoms with van der Waals surface area (Å²) in [6.45, 7) is 7.49. The standard InChI is InChI=1S/C16H24N6O/c1-11(15-12(2)19-20(4)13(15)3)16(23)21-7-5-6-14(8-21)22-10-17-9-18-22/h9-11,14H,5-8H2,1-4H3. The van der Waals surface area contributed by atoms with Gasteiger partial charge in [-0.25, -0.2) is 9.67 Å². The molecule has 0 bridgehead atoms. The summed E-state index contributed by atoms with van der Waals surface area (Å²) in [5.74, 6) is 0.00668. The Morgan fingerprint density at radius 2 is 2.17 bits per heavy atom. The van der Waals surface area contributed by atoms with Crippen LogP contribution >= 0.6 is 0 Å². The van der Waals surface area contributed by atoms with Gasteiger partial charge in [0.05, 0.1) is 17.7 Å². The van der Waals surface area contributed by atoms with Crippen molar-refractivity contribution in [2.45, 2.75) is 45.6 Å². The van der Waals surface area contributed by atoms with Gasteiger partial charge in [0.2, 0.25) is 5.91 Å². The van der Waals surface area contributed by atoms with Crippen LogP contribution in [0.3, 0.4) is 0 Å². The van der Waals surface area contributed by atoms with Crippen LogP contribution in [0.15, 0.2) is 12.7 Å². The Bertz CT molecular complexity index is 690. The minimum absolute atomic E-state index is 0.168. The van der Waals surface area contributed by atoms with E-state index >= 15 is 0 Å². The molecule has 1 fully saturated rings. The fourth-order valence-electron chi connectivity index (χ4n) is 3.59. The number of carbonyl (C=O) groups is 1. The molecule has 0 radical (unpaired) electrons. The smallest absolute Gasteiger partial charge is 0.230 e. The van der Waals surface area contributed by atoms with Gasteiger partial charge in [-0.15, -0.1) is 0 Å². The average Bonchev–Trinajstić information content (AvgIpc) is 3.16. The molecule has 0 aromatic carbocycles. The molecule has 0 spiro atoms. The summed E-state index contributed by atoms with van der Waals surface area (Å²) < 4.78 is 3.72. The van der Waals surface area contributed by atoms with Gasteiger partial charge < -0.3 is 4.90 Å². The molecule has 1 aliphatic rings. The zero-order valence-electron chi connectivity index (χ0n) is 14.2. The van der Waals surface area contributed by atoms with Crippen LogP contribution in [-0.2, 0) is 11.8 Å². The summed E-state index contributed by atoms with van der Waals surface area (Å²) in [7, 11) is 1.92. The van der Waals surface area contributed by atoms with Crippen LogP contribution in [0.1, 0.15) is 48.7 Å². The van der Waals surface area contributed by atoms with E-state index in [1.165, 1.54) is 0 Å². The molecular formula is C16H24N6O. The Kier molecular flexibility index (Phi) is 4.19. The predicted octanol–water partition coefficient (Wildman–Crippen LogP) is 1.60. The van der Waals surface area contributed by atoms with Gasteiger partial charge in [-0.05, 0) is 33.6 Å². The highest BCUT2D eigenvalue weighted by molar-refractivity contribution is 5.84. The molecule has 3 rings (SSSR count). The second-order valence-electron chi connectivity index (χ2n) is 6.39. The second kappa shape index (κ2) is 6.14. The maximum absolute atomic E-state index is 13.0. The number of piperidine rings is 1. The molecule has 0 N–H and O–H groups in total. The molecule has 1 saturated heterocycles. The van der Waals surface area contributed by atoms with Crippen molar-refractivity contribution >= 4 is 5.91 Å². The van der Waals surface area contributed by atoms with Crippen molar-refractivity contribution in [3.63, 3.8) is 0 Å². The van der Waals surface area contributed by atoms with Gasteiger partial charge in [0.1, 0.15) is 12.7 Å². The number of hydrogen-bond donors (Lipinski definition) is 0. The number of likely N-dealkylation sites (tertiary alicyclic amines) is 1. The van der Waals surface area contributed by atoms with Crippen LogP contribution in [0.25, 0.3) is 0 Å². The molecule has 1 aliphatic heterocycles. The molecule has 1 amide bonds. The van der Waals surface area contributed by atoms with E-state index in [1.54, 1.807) is 12.7 Å². The van der Waals surface area contributed by atoms with Crippen LogP contribution in [0.5, 0.6) is 0 Å². The maximum atomic E-state index is 13.0. The summed E-state index contributed by atoms with van der Waals surface area (Å²) >= 11 is 0. The molecule has 124 valence electrons. The predicted molar refractivity (Wildman–Crippen MR) is 86.0 cm³/mol. The first-order valence-corrected chi connectivity index (χ1v) is 8.12. The van der Waals surface area contributed by atoms with E-state index in [1.807, 2.05) is 42.1 Å². The number of rotatable bonds is 3. The second-order valence-corrected chi connectivity index (χ2v) is 6.39. The van der Waals surface area contributed by atoms with E-state index in [0.717, 1.165) is 36.3 Å². The summed E-state index contributed by atoms with van der Waals surface area (Å²) in [5.41, 5.74) is 3.06. The van der Waals surface area contributed by atoms with Crippen molar-refractivity contribution in [1.29, 1.82) is 0 Å². The molecule has 3 heterocycles. The van der Waals surface area contributed by atoms with Gasteiger partial charge in [-0.3, -0.25) is 9.48 Å². The Labute approximate surface area is 136 Å². The van der Waals surface area contributed by atoms with Crippen molar-refractivity contribution < 1.29 is 4.79 Å².